The molecule has 1 fully saturated rings. The Kier molecular flexibility index (Phi) is 6.14. The highest BCUT2D eigenvalue weighted by Crippen LogP contribution is 2.37. The molecule has 1 aromatic heterocycles. The zero-order chi connectivity index (χ0) is 25.4. The summed E-state index contributed by atoms with van der Waals surface area (Å²) < 4.78 is 7.97. The van der Waals surface area contributed by atoms with Gasteiger partial charge < -0.3 is 19.7 Å². The molecule has 0 bridgehead atoms. The minimum atomic E-state index is -0.947. The Bertz CT molecular complexity index is 1560. The average Bonchev–Trinajstić information content (AvgIpc) is 3.17. The van der Waals surface area contributed by atoms with Crippen LogP contribution in [0.5, 0.6) is 5.75 Å². The molecule has 0 radical (unpaired) electrons. The molecule has 2 N–H and O–H groups in total. The standard InChI is InChI=1S/C30H29N3O4/c34-29(35)20-11-12-28-25(18-20)24(23-7-2-1-6-21(23)19-37-28)8-5-15-32-16-13-22(14-17-32)33-27-10-4-3-9-26(27)31-30(33)36/h1-4,6-12,18,22H,5,13-17,19H2,(H,31,36)(H,34,35). The molecule has 0 spiro atoms. The third-order valence-corrected chi connectivity index (χ3v) is 7.55. The molecule has 2 aliphatic heterocycles. The zero-order valence-electron chi connectivity index (χ0n) is 20.5. The van der Waals surface area contributed by atoms with E-state index in [1.807, 2.05) is 41.0 Å². The molecular weight excluding hydrogens is 466 g/mol. The number of carbonyl (C=O) groups is 1. The van der Waals surface area contributed by atoms with Crippen LogP contribution in [0, 0.1) is 0 Å². The molecule has 188 valence electrons. The summed E-state index contributed by atoms with van der Waals surface area (Å²) in [5.41, 5.74) is 6.10. The highest BCUT2D eigenvalue weighted by Gasteiger charge is 2.24. The topological polar surface area (TPSA) is 87.6 Å². The van der Waals surface area contributed by atoms with E-state index in [2.05, 4.69) is 28.1 Å². The lowest BCUT2D eigenvalue weighted by molar-refractivity contribution is 0.0697. The van der Waals surface area contributed by atoms with E-state index in [9.17, 15) is 14.7 Å². The number of ether oxygens (including phenoxy) is 1. The van der Waals surface area contributed by atoms with Crippen molar-refractivity contribution in [2.75, 3.05) is 19.6 Å². The summed E-state index contributed by atoms with van der Waals surface area (Å²) in [6.07, 6.45) is 4.91. The van der Waals surface area contributed by atoms with Crippen LogP contribution in [-0.2, 0) is 6.61 Å². The molecule has 1 saturated heterocycles. The van der Waals surface area contributed by atoms with Gasteiger partial charge in [0.05, 0.1) is 16.6 Å². The second kappa shape index (κ2) is 9.75. The molecule has 37 heavy (non-hydrogen) atoms. The van der Waals surface area contributed by atoms with Crippen molar-refractivity contribution in [2.45, 2.75) is 31.9 Å². The maximum atomic E-state index is 12.6. The lowest BCUT2D eigenvalue weighted by Gasteiger charge is -2.32. The molecule has 0 saturated carbocycles. The van der Waals surface area contributed by atoms with Gasteiger partial charge in [0.2, 0.25) is 0 Å². The molecule has 0 unspecified atom stereocenters. The number of benzene rings is 3. The molecule has 7 heteroatoms. The highest BCUT2D eigenvalue weighted by atomic mass is 16.5. The van der Waals surface area contributed by atoms with Crippen molar-refractivity contribution < 1.29 is 14.6 Å². The minimum Gasteiger partial charge on any atom is -0.488 e. The molecule has 2 aliphatic rings. The lowest BCUT2D eigenvalue weighted by Crippen LogP contribution is -2.37. The number of fused-ring (bicyclic) bond motifs is 3. The largest absolute Gasteiger partial charge is 0.488 e. The van der Waals surface area contributed by atoms with Gasteiger partial charge in [0.1, 0.15) is 12.4 Å². The predicted molar refractivity (Wildman–Crippen MR) is 143 cm³/mol. The number of carboxylic acids is 1. The number of aromatic amines is 1. The van der Waals surface area contributed by atoms with Gasteiger partial charge in [-0.3, -0.25) is 4.57 Å². The number of piperidine rings is 1. The molecule has 0 amide bonds. The number of hydrogen-bond acceptors (Lipinski definition) is 4. The number of carboxylic acid groups (broad SMARTS) is 1. The first-order valence-corrected chi connectivity index (χ1v) is 12.8. The molecule has 4 aromatic rings. The SMILES string of the molecule is O=C(O)c1ccc2c(c1)C(=CCCN1CCC(n3c(=O)[nH]c4ccccc43)CC1)c1ccccc1CO2. The first kappa shape index (κ1) is 23.3. The van der Waals surface area contributed by atoms with Gasteiger partial charge in [0, 0.05) is 31.2 Å². The number of imidazole rings is 1. The number of rotatable bonds is 5. The van der Waals surface area contributed by atoms with Crippen molar-refractivity contribution in [3.05, 3.63) is 106 Å². The molecular formula is C30H29N3O4. The number of aromatic nitrogens is 2. The van der Waals surface area contributed by atoms with E-state index in [0.29, 0.717) is 12.4 Å². The van der Waals surface area contributed by atoms with Crippen molar-refractivity contribution in [3.63, 3.8) is 0 Å². The van der Waals surface area contributed by atoms with Crippen LogP contribution >= 0.6 is 0 Å². The Morgan fingerprint density at radius 1 is 1.03 bits per heavy atom. The summed E-state index contributed by atoms with van der Waals surface area (Å²) in [5, 5.41) is 9.56. The zero-order valence-corrected chi connectivity index (χ0v) is 20.5. The number of aromatic carboxylic acids is 1. The molecule has 3 heterocycles. The Morgan fingerprint density at radius 2 is 1.81 bits per heavy atom. The molecule has 0 aliphatic carbocycles. The van der Waals surface area contributed by atoms with Crippen LogP contribution in [0.1, 0.15) is 52.4 Å². The van der Waals surface area contributed by atoms with Crippen LogP contribution in [0.15, 0.2) is 77.6 Å². The summed E-state index contributed by atoms with van der Waals surface area (Å²) in [6, 6.07) is 21.3. The first-order valence-electron chi connectivity index (χ1n) is 12.8. The number of likely N-dealkylation sites (tertiary alicyclic amines) is 1. The van der Waals surface area contributed by atoms with E-state index < -0.39 is 5.97 Å². The van der Waals surface area contributed by atoms with Gasteiger partial charge in [-0.15, -0.1) is 0 Å². The monoisotopic (exact) mass is 495 g/mol. The summed E-state index contributed by atoms with van der Waals surface area (Å²) in [5.74, 6) is -0.241. The molecule has 6 rings (SSSR count). The predicted octanol–water partition coefficient (Wildman–Crippen LogP) is 5.08. The van der Waals surface area contributed by atoms with Crippen LogP contribution < -0.4 is 10.4 Å². The van der Waals surface area contributed by atoms with Gasteiger partial charge in [-0.05, 0) is 66.3 Å². The van der Waals surface area contributed by atoms with Crippen LogP contribution in [0.25, 0.3) is 16.6 Å². The summed E-state index contributed by atoms with van der Waals surface area (Å²) in [4.78, 5) is 29.7. The van der Waals surface area contributed by atoms with Crippen LogP contribution in [-0.4, -0.2) is 45.2 Å². The van der Waals surface area contributed by atoms with Gasteiger partial charge in [0.15, 0.2) is 0 Å². The van der Waals surface area contributed by atoms with Crippen molar-refractivity contribution >= 4 is 22.6 Å². The van der Waals surface area contributed by atoms with Crippen molar-refractivity contribution in [1.29, 1.82) is 0 Å². The second-order valence-electron chi connectivity index (χ2n) is 9.76. The summed E-state index contributed by atoms with van der Waals surface area (Å²) in [7, 11) is 0. The van der Waals surface area contributed by atoms with Crippen molar-refractivity contribution in [3.8, 4) is 5.75 Å². The van der Waals surface area contributed by atoms with Gasteiger partial charge in [-0.2, -0.15) is 0 Å². The fourth-order valence-corrected chi connectivity index (χ4v) is 5.66. The quantitative estimate of drug-likeness (QED) is 0.403. The number of para-hydroxylation sites is 2. The van der Waals surface area contributed by atoms with Gasteiger partial charge in [0.25, 0.3) is 0 Å². The van der Waals surface area contributed by atoms with Crippen LogP contribution in [0.2, 0.25) is 0 Å². The lowest BCUT2D eigenvalue weighted by atomic mass is 9.92. The number of nitrogens with zero attached hydrogens (tertiary/aromatic N) is 2. The highest BCUT2D eigenvalue weighted by molar-refractivity contribution is 5.92. The fourth-order valence-electron chi connectivity index (χ4n) is 5.66. The Hall–Kier alpha value is -4.10. The van der Waals surface area contributed by atoms with E-state index in [1.165, 1.54) is 0 Å². The van der Waals surface area contributed by atoms with E-state index in [4.69, 9.17) is 4.74 Å². The van der Waals surface area contributed by atoms with Crippen LogP contribution in [0.3, 0.4) is 0 Å². The fraction of sp³-hybridized carbons (Fsp3) is 0.267. The molecule has 3 aromatic carbocycles. The molecule has 0 atom stereocenters. The van der Waals surface area contributed by atoms with E-state index in [1.54, 1.807) is 18.2 Å². The number of H-pyrrole nitrogens is 1. The van der Waals surface area contributed by atoms with Crippen molar-refractivity contribution in [2.24, 2.45) is 0 Å². The van der Waals surface area contributed by atoms with E-state index in [-0.39, 0.29) is 17.3 Å². The minimum absolute atomic E-state index is 0.0296. The van der Waals surface area contributed by atoms with Crippen molar-refractivity contribution in [1.82, 2.24) is 14.5 Å². The summed E-state index contributed by atoms with van der Waals surface area (Å²) >= 11 is 0. The van der Waals surface area contributed by atoms with Gasteiger partial charge >= 0.3 is 11.7 Å². The Morgan fingerprint density at radius 3 is 2.65 bits per heavy atom. The average molecular weight is 496 g/mol. The smallest absolute Gasteiger partial charge is 0.335 e. The second-order valence-corrected chi connectivity index (χ2v) is 9.76. The Labute approximate surface area is 214 Å². The van der Waals surface area contributed by atoms with E-state index in [0.717, 1.165) is 72.2 Å². The first-order chi connectivity index (χ1) is 18.1. The third-order valence-electron chi connectivity index (χ3n) is 7.55. The number of hydrogen-bond donors (Lipinski definition) is 2. The normalized spacial score (nSPS) is 17.2. The molecule has 7 nitrogen and oxygen atoms in total. The summed E-state index contributed by atoms with van der Waals surface area (Å²) in [6.45, 7) is 3.21. The van der Waals surface area contributed by atoms with E-state index >= 15 is 0 Å². The van der Waals surface area contributed by atoms with Crippen LogP contribution in [0.4, 0.5) is 0 Å². The maximum Gasteiger partial charge on any atom is 0.335 e. The van der Waals surface area contributed by atoms with Gasteiger partial charge in [-0.25, -0.2) is 9.59 Å². The maximum absolute atomic E-state index is 12.6. The third kappa shape index (κ3) is 4.47. The van der Waals surface area contributed by atoms with Gasteiger partial charge in [-0.1, -0.05) is 42.5 Å². The number of nitrogens with one attached hydrogen (secondary N) is 1. The Balaban J connectivity index is 1.20.